The lowest BCUT2D eigenvalue weighted by Gasteiger charge is -2.36. The largest absolute Gasteiger partial charge is 0.450 e. The Balaban J connectivity index is 1.53. The smallest absolute Gasteiger partial charge is 0.407 e. The Morgan fingerprint density at radius 2 is 1.55 bits per heavy atom. The number of fused-ring (bicyclic) bond motifs is 1. The predicted molar refractivity (Wildman–Crippen MR) is 121 cm³/mol. The van der Waals surface area contributed by atoms with Crippen LogP contribution in [0.3, 0.4) is 0 Å². The zero-order valence-corrected chi connectivity index (χ0v) is 18.5. The van der Waals surface area contributed by atoms with E-state index in [0.29, 0.717) is 43.7 Å². The maximum absolute atomic E-state index is 13.6. The Morgan fingerprint density at radius 3 is 2.12 bits per heavy atom. The molecule has 0 saturated carbocycles. The number of nitrogens with zero attached hydrogens (tertiary/aromatic N) is 2. The summed E-state index contributed by atoms with van der Waals surface area (Å²) in [5.74, 6) is -1.14. The molecular formula is C25H27N3O5. The molecule has 33 heavy (non-hydrogen) atoms. The van der Waals surface area contributed by atoms with Crippen LogP contribution in [0, 0.1) is 0 Å². The third-order valence-corrected chi connectivity index (χ3v) is 6.10. The zero-order chi connectivity index (χ0) is 23.4. The zero-order valence-electron chi connectivity index (χ0n) is 18.5. The van der Waals surface area contributed by atoms with Gasteiger partial charge in [-0.25, -0.2) is 4.79 Å². The molecule has 2 aliphatic rings. The third-order valence-electron chi connectivity index (χ3n) is 6.10. The van der Waals surface area contributed by atoms with E-state index in [-0.39, 0.29) is 18.4 Å². The molecule has 0 aliphatic carbocycles. The van der Waals surface area contributed by atoms with Gasteiger partial charge in [0.2, 0.25) is 5.91 Å². The monoisotopic (exact) mass is 449 g/mol. The summed E-state index contributed by atoms with van der Waals surface area (Å²) < 4.78 is 4.93. The van der Waals surface area contributed by atoms with Crippen molar-refractivity contribution >= 4 is 23.8 Å². The summed E-state index contributed by atoms with van der Waals surface area (Å²) in [5.41, 5.74) is 1.52. The first-order valence-electron chi connectivity index (χ1n) is 11.2. The van der Waals surface area contributed by atoms with E-state index in [1.807, 2.05) is 30.3 Å². The van der Waals surface area contributed by atoms with Gasteiger partial charge in [-0.15, -0.1) is 0 Å². The van der Waals surface area contributed by atoms with E-state index in [0.717, 1.165) is 10.5 Å². The van der Waals surface area contributed by atoms with Gasteiger partial charge in [0.1, 0.15) is 6.04 Å². The molecule has 2 aromatic carbocycles. The highest BCUT2D eigenvalue weighted by atomic mass is 16.5. The van der Waals surface area contributed by atoms with Crippen molar-refractivity contribution in [2.24, 2.45) is 0 Å². The Bertz CT molecular complexity index is 1010. The minimum Gasteiger partial charge on any atom is -0.450 e. The molecule has 0 aromatic heterocycles. The lowest BCUT2D eigenvalue weighted by molar-refractivity contribution is -0.136. The maximum Gasteiger partial charge on any atom is 0.407 e. The maximum atomic E-state index is 13.6. The molecular weight excluding hydrogens is 422 g/mol. The van der Waals surface area contributed by atoms with E-state index < -0.39 is 23.9 Å². The second-order valence-electron chi connectivity index (χ2n) is 8.20. The van der Waals surface area contributed by atoms with Crippen molar-refractivity contribution in [3.63, 3.8) is 0 Å². The number of rotatable bonds is 6. The first-order chi connectivity index (χ1) is 16.0. The fraction of sp³-hybridized carbons (Fsp3) is 0.360. The summed E-state index contributed by atoms with van der Waals surface area (Å²) in [5, 5.41) is 2.81. The van der Waals surface area contributed by atoms with Gasteiger partial charge in [0.25, 0.3) is 11.8 Å². The SMILES string of the molecule is CCOC(=O)NC1CCN(C(=O)C(Cc2ccccc2)N2C(=O)c3ccccc3C2=O)CC1. The van der Waals surface area contributed by atoms with Crippen molar-refractivity contribution in [1.82, 2.24) is 15.1 Å². The van der Waals surface area contributed by atoms with Crippen LogP contribution in [0.5, 0.6) is 0 Å². The number of alkyl carbamates (subject to hydrolysis) is 1. The van der Waals surface area contributed by atoms with Crippen LogP contribution in [0.15, 0.2) is 54.6 Å². The molecule has 0 spiro atoms. The van der Waals surface area contributed by atoms with Gasteiger partial charge in [-0.1, -0.05) is 42.5 Å². The minimum atomic E-state index is -0.936. The topological polar surface area (TPSA) is 96.0 Å². The van der Waals surface area contributed by atoms with Crippen LogP contribution >= 0.6 is 0 Å². The molecule has 2 aliphatic heterocycles. The number of ether oxygens (including phenoxy) is 1. The number of carbonyl (C=O) groups excluding carboxylic acids is 4. The average molecular weight is 450 g/mol. The number of piperidine rings is 1. The van der Waals surface area contributed by atoms with Crippen LogP contribution in [0.2, 0.25) is 0 Å². The molecule has 172 valence electrons. The van der Waals surface area contributed by atoms with Gasteiger partial charge in [0, 0.05) is 25.6 Å². The molecule has 8 heteroatoms. The summed E-state index contributed by atoms with van der Waals surface area (Å²) in [4.78, 5) is 54.4. The number of benzene rings is 2. The van der Waals surface area contributed by atoms with Crippen molar-refractivity contribution in [2.75, 3.05) is 19.7 Å². The van der Waals surface area contributed by atoms with E-state index in [1.165, 1.54) is 0 Å². The number of likely N-dealkylation sites (tertiary alicyclic amines) is 1. The van der Waals surface area contributed by atoms with Gasteiger partial charge in [0.05, 0.1) is 17.7 Å². The Hall–Kier alpha value is -3.68. The first-order valence-corrected chi connectivity index (χ1v) is 11.2. The molecule has 1 unspecified atom stereocenters. The van der Waals surface area contributed by atoms with Crippen LogP contribution in [-0.2, 0) is 16.0 Å². The molecule has 2 heterocycles. The highest BCUT2D eigenvalue weighted by molar-refractivity contribution is 6.22. The minimum absolute atomic E-state index is 0.0834. The fourth-order valence-corrected chi connectivity index (χ4v) is 4.41. The predicted octanol–water partition coefficient (Wildman–Crippen LogP) is 2.63. The standard InChI is InChI=1S/C25H27N3O5/c1-2-33-25(32)26-18-12-14-27(15-13-18)24(31)21(16-17-8-4-3-5-9-17)28-22(29)19-10-6-7-11-20(19)23(28)30/h3-11,18,21H,2,12-16H2,1H3,(H,26,32). The van der Waals surface area contributed by atoms with Crippen molar-refractivity contribution in [3.05, 3.63) is 71.3 Å². The second-order valence-corrected chi connectivity index (χ2v) is 8.20. The van der Waals surface area contributed by atoms with Gasteiger partial charge >= 0.3 is 6.09 Å². The van der Waals surface area contributed by atoms with E-state index in [9.17, 15) is 19.2 Å². The number of carbonyl (C=O) groups is 4. The van der Waals surface area contributed by atoms with Crippen molar-refractivity contribution in [2.45, 2.75) is 38.3 Å². The summed E-state index contributed by atoms with van der Waals surface area (Å²) in [6.07, 6.45) is 0.928. The number of imide groups is 1. The third kappa shape index (κ3) is 4.74. The number of amides is 4. The highest BCUT2D eigenvalue weighted by Crippen LogP contribution is 2.27. The molecule has 0 radical (unpaired) electrons. The van der Waals surface area contributed by atoms with Crippen LogP contribution in [0.4, 0.5) is 4.79 Å². The molecule has 1 fully saturated rings. The quantitative estimate of drug-likeness (QED) is 0.684. The molecule has 2 aromatic rings. The van der Waals surface area contributed by atoms with Crippen LogP contribution in [0.25, 0.3) is 0 Å². The molecule has 1 atom stereocenters. The highest BCUT2D eigenvalue weighted by Gasteiger charge is 2.44. The van der Waals surface area contributed by atoms with Crippen LogP contribution in [-0.4, -0.2) is 65.4 Å². The van der Waals surface area contributed by atoms with E-state index in [2.05, 4.69) is 5.32 Å². The summed E-state index contributed by atoms with van der Waals surface area (Å²) in [7, 11) is 0. The second kappa shape index (κ2) is 9.85. The van der Waals surface area contributed by atoms with Crippen LogP contribution < -0.4 is 5.32 Å². The molecule has 8 nitrogen and oxygen atoms in total. The van der Waals surface area contributed by atoms with Crippen LogP contribution in [0.1, 0.15) is 46.0 Å². The van der Waals surface area contributed by atoms with Crippen molar-refractivity contribution in [1.29, 1.82) is 0 Å². The lowest BCUT2D eigenvalue weighted by Crippen LogP contribution is -2.55. The molecule has 1 N–H and O–H groups in total. The van der Waals surface area contributed by atoms with E-state index >= 15 is 0 Å². The van der Waals surface area contributed by atoms with Gasteiger partial charge in [-0.2, -0.15) is 0 Å². The summed E-state index contributed by atoms with van der Waals surface area (Å²) in [6, 6.07) is 15.0. The average Bonchev–Trinajstić information content (AvgIpc) is 3.08. The molecule has 1 saturated heterocycles. The fourth-order valence-electron chi connectivity index (χ4n) is 4.41. The summed E-state index contributed by atoms with van der Waals surface area (Å²) in [6.45, 7) is 2.88. The Labute approximate surface area is 192 Å². The van der Waals surface area contributed by atoms with Gasteiger partial charge in [0.15, 0.2) is 0 Å². The number of nitrogens with one attached hydrogen (secondary N) is 1. The normalized spacial score (nSPS) is 17.0. The number of hydrogen-bond acceptors (Lipinski definition) is 5. The number of hydrogen-bond donors (Lipinski definition) is 1. The molecule has 0 bridgehead atoms. The van der Waals surface area contributed by atoms with Crippen molar-refractivity contribution < 1.29 is 23.9 Å². The Morgan fingerprint density at radius 1 is 0.970 bits per heavy atom. The van der Waals surface area contributed by atoms with E-state index in [1.54, 1.807) is 36.1 Å². The first kappa shape index (κ1) is 22.5. The van der Waals surface area contributed by atoms with Gasteiger partial charge in [-0.3, -0.25) is 19.3 Å². The molecule has 4 rings (SSSR count). The lowest BCUT2D eigenvalue weighted by atomic mass is 10.00. The van der Waals surface area contributed by atoms with E-state index in [4.69, 9.17) is 4.74 Å². The Kier molecular flexibility index (Phi) is 6.72. The van der Waals surface area contributed by atoms with Gasteiger partial charge < -0.3 is 15.0 Å². The van der Waals surface area contributed by atoms with Gasteiger partial charge in [-0.05, 0) is 37.5 Å². The summed E-state index contributed by atoms with van der Waals surface area (Å²) >= 11 is 0. The molecule has 4 amide bonds. The van der Waals surface area contributed by atoms with Crippen molar-refractivity contribution in [3.8, 4) is 0 Å².